The summed E-state index contributed by atoms with van der Waals surface area (Å²) in [4.78, 5) is 2.38. The third kappa shape index (κ3) is 15.0. The summed E-state index contributed by atoms with van der Waals surface area (Å²) in [6.45, 7) is 18.0. The molecule has 0 aromatic heterocycles. The number of nitrogens with one attached hydrogen (secondary N) is 1. The van der Waals surface area contributed by atoms with Gasteiger partial charge in [-0.05, 0) is 156 Å². The summed E-state index contributed by atoms with van der Waals surface area (Å²) in [5, 5.41) is 3.58. The van der Waals surface area contributed by atoms with E-state index in [1.54, 1.807) is 0 Å². The molecule has 0 spiro atoms. The first-order chi connectivity index (χ1) is 34.0. The Labute approximate surface area is 414 Å². The Bertz CT molecular complexity index is 2860. The molecule has 0 aliphatic heterocycles. The largest absolute Gasteiger partial charge is 0.382 e. The maximum atomic E-state index is 4.69. The standard InChI is InChI=1S/C67H68N2/c1-7-12-31-54(29-9-3)32-27-38-57(30-10-4)59-44-46-64(47-45-59)69(66-51-61(55(11-5)33-13-8-2)49-62(52-66)58-36-21-18-22-37-58)65-42-28-39-60(50-65)67(53(6)56-34-19-17-20-35-56)43-25-26-48-68-63-40-23-15-14-16-24-41-63/h7-9,11-15,17-22,24-31,33-47,49-52,68H,5-6,10,16,23,32,48H2,1-4H3/b12-7-,13-8-,15-14-,26-25-,29-9-,38-27-,41-24-,54-31+,55-33+,57-30+,63-40+,67-43+. The van der Waals surface area contributed by atoms with Crippen molar-refractivity contribution in [1.82, 2.24) is 5.32 Å². The summed E-state index contributed by atoms with van der Waals surface area (Å²) in [6.07, 6.45) is 46.8. The van der Waals surface area contributed by atoms with Gasteiger partial charge in [-0.2, -0.15) is 0 Å². The molecule has 1 aliphatic carbocycles. The first-order valence-electron chi connectivity index (χ1n) is 24.3. The third-order valence-corrected chi connectivity index (χ3v) is 11.6. The molecular formula is C67H68N2. The van der Waals surface area contributed by atoms with Crippen molar-refractivity contribution in [2.45, 2.75) is 53.4 Å². The van der Waals surface area contributed by atoms with E-state index in [2.05, 4.69) is 273 Å². The van der Waals surface area contributed by atoms with E-state index in [9.17, 15) is 0 Å². The highest BCUT2D eigenvalue weighted by Crippen LogP contribution is 2.41. The summed E-state index contributed by atoms with van der Waals surface area (Å²) in [5.74, 6) is 0. The van der Waals surface area contributed by atoms with E-state index in [4.69, 9.17) is 6.58 Å². The van der Waals surface area contributed by atoms with Crippen molar-refractivity contribution in [1.29, 1.82) is 0 Å². The van der Waals surface area contributed by atoms with Crippen LogP contribution >= 0.6 is 0 Å². The fourth-order valence-corrected chi connectivity index (χ4v) is 8.13. The molecule has 69 heavy (non-hydrogen) atoms. The van der Waals surface area contributed by atoms with Gasteiger partial charge in [0.25, 0.3) is 0 Å². The van der Waals surface area contributed by atoms with Gasteiger partial charge in [0.15, 0.2) is 0 Å². The average Bonchev–Trinajstić information content (AvgIpc) is 3.38. The lowest BCUT2D eigenvalue weighted by Crippen LogP contribution is -2.11. The zero-order chi connectivity index (χ0) is 48.5. The van der Waals surface area contributed by atoms with Crippen LogP contribution in [0.1, 0.15) is 75.6 Å². The molecule has 346 valence electrons. The Morgan fingerprint density at radius 2 is 1.32 bits per heavy atom. The molecule has 1 aliphatic rings. The van der Waals surface area contributed by atoms with E-state index in [0.717, 1.165) is 93.0 Å². The Kier molecular flexibility index (Phi) is 20.2. The Morgan fingerprint density at radius 3 is 2.06 bits per heavy atom. The summed E-state index contributed by atoms with van der Waals surface area (Å²) in [5.41, 5.74) is 16.4. The van der Waals surface area contributed by atoms with Gasteiger partial charge in [-0.25, -0.2) is 0 Å². The smallest absolute Gasteiger partial charge is 0.0473 e. The van der Waals surface area contributed by atoms with Crippen molar-refractivity contribution in [3.05, 3.63) is 296 Å². The molecule has 0 saturated carbocycles. The minimum absolute atomic E-state index is 0.705. The van der Waals surface area contributed by atoms with Crippen LogP contribution in [0.2, 0.25) is 0 Å². The second kappa shape index (κ2) is 27.6. The second-order valence-electron chi connectivity index (χ2n) is 16.6. The van der Waals surface area contributed by atoms with Crippen LogP contribution < -0.4 is 10.2 Å². The molecule has 2 heteroatoms. The highest BCUT2D eigenvalue weighted by Gasteiger charge is 2.18. The first-order valence-corrected chi connectivity index (χ1v) is 24.3. The van der Waals surface area contributed by atoms with Crippen LogP contribution in [0.4, 0.5) is 17.1 Å². The molecular weight excluding hydrogens is 833 g/mol. The van der Waals surface area contributed by atoms with Gasteiger partial charge in [0, 0.05) is 29.3 Å². The van der Waals surface area contributed by atoms with E-state index in [1.165, 1.54) is 16.7 Å². The Hall–Kier alpha value is -7.94. The number of allylic oxidation sites excluding steroid dienone is 24. The number of hydrogen-bond donors (Lipinski definition) is 1. The minimum atomic E-state index is 0.705. The van der Waals surface area contributed by atoms with E-state index in [-0.39, 0.29) is 0 Å². The number of benzene rings is 5. The molecule has 2 nitrogen and oxygen atoms in total. The lowest BCUT2D eigenvalue weighted by atomic mass is 9.92. The average molecular weight is 901 g/mol. The monoisotopic (exact) mass is 901 g/mol. The normalized spacial score (nSPS) is 15.7. The molecule has 0 atom stereocenters. The van der Waals surface area contributed by atoms with Crippen molar-refractivity contribution in [3.8, 4) is 11.1 Å². The molecule has 0 amide bonds. The molecule has 0 unspecified atom stereocenters. The van der Waals surface area contributed by atoms with Crippen molar-refractivity contribution in [3.63, 3.8) is 0 Å². The molecule has 5 aromatic carbocycles. The summed E-state index contributed by atoms with van der Waals surface area (Å²) in [6, 6.07) is 45.8. The summed E-state index contributed by atoms with van der Waals surface area (Å²) in [7, 11) is 0. The van der Waals surface area contributed by atoms with E-state index < -0.39 is 0 Å². The molecule has 0 radical (unpaired) electrons. The van der Waals surface area contributed by atoms with Crippen molar-refractivity contribution in [2.75, 3.05) is 11.4 Å². The van der Waals surface area contributed by atoms with Crippen molar-refractivity contribution >= 4 is 39.4 Å². The number of nitrogens with zero attached hydrogens (tertiary/aromatic N) is 1. The maximum absolute atomic E-state index is 4.69. The van der Waals surface area contributed by atoms with Crippen LogP contribution in [0.5, 0.6) is 0 Å². The third-order valence-electron chi connectivity index (χ3n) is 11.6. The summed E-state index contributed by atoms with van der Waals surface area (Å²) < 4.78 is 0. The van der Waals surface area contributed by atoms with Crippen LogP contribution in [0.15, 0.2) is 273 Å². The molecule has 5 aromatic rings. The predicted molar refractivity (Wildman–Crippen MR) is 305 cm³/mol. The quantitative estimate of drug-likeness (QED) is 0.0583. The van der Waals surface area contributed by atoms with Gasteiger partial charge in [-0.15, -0.1) is 0 Å². The fourth-order valence-electron chi connectivity index (χ4n) is 8.13. The highest BCUT2D eigenvalue weighted by molar-refractivity contribution is 6.05. The van der Waals surface area contributed by atoms with Gasteiger partial charge in [-0.3, -0.25) is 0 Å². The topological polar surface area (TPSA) is 15.3 Å². The molecule has 0 heterocycles. The lowest BCUT2D eigenvalue weighted by molar-refractivity contribution is 0.923. The SMILES string of the molecule is C=C/C(=C\C=C/C)c1cc(-c2ccccc2)cc(N(c2ccc(C(/C=C\CC(/C=C\C)=C/C=C\C)=C/CC)cc2)c2cccc(/C(=C/C=C\CNC3=C/C/C=C\C/C=C\3)C(=C)c3ccccc3)c2)c1. The van der Waals surface area contributed by atoms with Crippen LogP contribution in [-0.2, 0) is 0 Å². The highest BCUT2D eigenvalue weighted by atomic mass is 15.1. The zero-order valence-corrected chi connectivity index (χ0v) is 41.1. The van der Waals surface area contributed by atoms with E-state index >= 15 is 0 Å². The number of rotatable bonds is 21. The lowest BCUT2D eigenvalue weighted by Gasteiger charge is -2.28. The minimum Gasteiger partial charge on any atom is -0.382 e. The van der Waals surface area contributed by atoms with Gasteiger partial charge in [0.2, 0.25) is 0 Å². The second-order valence-corrected chi connectivity index (χ2v) is 16.6. The number of anilines is 3. The molecule has 0 saturated heterocycles. The van der Waals surface area contributed by atoms with Crippen LogP contribution in [0.3, 0.4) is 0 Å². The Morgan fingerprint density at radius 1 is 0.594 bits per heavy atom. The maximum Gasteiger partial charge on any atom is 0.0473 e. The van der Waals surface area contributed by atoms with Crippen molar-refractivity contribution in [2.24, 2.45) is 0 Å². The van der Waals surface area contributed by atoms with Crippen LogP contribution in [-0.4, -0.2) is 6.54 Å². The zero-order valence-electron chi connectivity index (χ0n) is 41.1. The van der Waals surface area contributed by atoms with Gasteiger partial charge in [-0.1, -0.05) is 220 Å². The first kappa shape index (κ1) is 50.5. The van der Waals surface area contributed by atoms with E-state index in [1.807, 2.05) is 19.9 Å². The molecule has 0 fully saturated rings. The summed E-state index contributed by atoms with van der Waals surface area (Å²) >= 11 is 0. The molecule has 1 N–H and O–H groups in total. The fraction of sp³-hybridized carbons (Fsp3) is 0.134. The molecule has 0 bridgehead atoms. The van der Waals surface area contributed by atoms with Gasteiger partial charge in [0.1, 0.15) is 0 Å². The van der Waals surface area contributed by atoms with Gasteiger partial charge in [0.05, 0.1) is 0 Å². The van der Waals surface area contributed by atoms with Gasteiger partial charge < -0.3 is 10.2 Å². The van der Waals surface area contributed by atoms with Crippen LogP contribution in [0, 0.1) is 0 Å². The van der Waals surface area contributed by atoms with Crippen LogP contribution in [0.25, 0.3) is 33.4 Å². The number of hydrogen-bond acceptors (Lipinski definition) is 2. The van der Waals surface area contributed by atoms with Gasteiger partial charge >= 0.3 is 0 Å². The predicted octanol–water partition coefficient (Wildman–Crippen LogP) is 18.8. The molecule has 6 rings (SSSR count). The Balaban J connectivity index is 1.49. The van der Waals surface area contributed by atoms with E-state index in [0.29, 0.717) is 6.54 Å². The van der Waals surface area contributed by atoms with Crippen molar-refractivity contribution < 1.29 is 0 Å².